The molecular formula is C12H15NOS. The van der Waals surface area contributed by atoms with Gasteiger partial charge in [-0.25, -0.2) is 0 Å². The third-order valence-electron chi connectivity index (χ3n) is 2.57. The van der Waals surface area contributed by atoms with Gasteiger partial charge in [0.05, 0.1) is 12.3 Å². The molecule has 2 heterocycles. The lowest BCUT2D eigenvalue weighted by Gasteiger charge is -2.07. The maximum Gasteiger partial charge on any atom is 0.105 e. The summed E-state index contributed by atoms with van der Waals surface area (Å²) in [6.45, 7) is 4.10. The molecule has 0 saturated carbocycles. The van der Waals surface area contributed by atoms with Crippen molar-refractivity contribution >= 4 is 11.3 Å². The Morgan fingerprint density at radius 2 is 2.20 bits per heavy atom. The second-order valence-electron chi connectivity index (χ2n) is 3.57. The first-order valence-corrected chi connectivity index (χ1v) is 5.92. The minimum Gasteiger partial charge on any atom is -0.469 e. The third-order valence-corrected chi connectivity index (χ3v) is 3.88. The summed E-state index contributed by atoms with van der Waals surface area (Å²) in [6, 6.07) is 6.16. The van der Waals surface area contributed by atoms with Crippen LogP contribution in [0.15, 0.2) is 28.9 Å². The topological polar surface area (TPSA) is 39.2 Å². The summed E-state index contributed by atoms with van der Waals surface area (Å²) >= 11 is 1.78. The van der Waals surface area contributed by atoms with Gasteiger partial charge < -0.3 is 10.2 Å². The van der Waals surface area contributed by atoms with Gasteiger partial charge in [-0.15, -0.1) is 11.3 Å². The van der Waals surface area contributed by atoms with Crippen molar-refractivity contribution in [3.05, 3.63) is 45.5 Å². The Morgan fingerprint density at radius 1 is 1.40 bits per heavy atom. The average Bonchev–Trinajstić information content (AvgIpc) is 2.84. The van der Waals surface area contributed by atoms with Crippen molar-refractivity contribution in [2.24, 2.45) is 5.73 Å². The van der Waals surface area contributed by atoms with E-state index in [1.165, 1.54) is 9.75 Å². The normalized spacial score (nSPS) is 13.0. The van der Waals surface area contributed by atoms with Crippen LogP contribution in [0.1, 0.15) is 34.0 Å². The quantitative estimate of drug-likeness (QED) is 0.864. The van der Waals surface area contributed by atoms with E-state index in [4.69, 9.17) is 10.2 Å². The fourth-order valence-corrected chi connectivity index (χ4v) is 2.60. The Balaban J connectivity index is 2.28. The first kappa shape index (κ1) is 10.5. The highest BCUT2D eigenvalue weighted by Gasteiger charge is 2.15. The lowest BCUT2D eigenvalue weighted by molar-refractivity contribution is 0.528. The zero-order valence-electron chi connectivity index (χ0n) is 8.99. The molecule has 2 nitrogen and oxygen atoms in total. The van der Waals surface area contributed by atoms with Gasteiger partial charge in [-0.05, 0) is 31.5 Å². The molecule has 0 fully saturated rings. The third kappa shape index (κ3) is 1.98. The minimum atomic E-state index is -0.0472. The summed E-state index contributed by atoms with van der Waals surface area (Å²) in [4.78, 5) is 2.58. The van der Waals surface area contributed by atoms with E-state index >= 15 is 0 Å². The summed E-state index contributed by atoms with van der Waals surface area (Å²) in [5.74, 6) is 0.911. The van der Waals surface area contributed by atoms with Crippen LogP contribution in [0.2, 0.25) is 0 Å². The summed E-state index contributed by atoms with van der Waals surface area (Å²) in [5.41, 5.74) is 7.26. The van der Waals surface area contributed by atoms with Crippen LogP contribution in [0, 0.1) is 6.92 Å². The molecular weight excluding hydrogens is 206 g/mol. The highest BCUT2D eigenvalue weighted by atomic mass is 32.1. The summed E-state index contributed by atoms with van der Waals surface area (Å²) < 4.78 is 5.26. The van der Waals surface area contributed by atoms with E-state index in [1.54, 1.807) is 17.6 Å². The van der Waals surface area contributed by atoms with Gasteiger partial charge in [0.1, 0.15) is 5.76 Å². The van der Waals surface area contributed by atoms with Crippen LogP contribution in [0.25, 0.3) is 0 Å². The van der Waals surface area contributed by atoms with Crippen molar-refractivity contribution in [2.45, 2.75) is 26.3 Å². The van der Waals surface area contributed by atoms with Crippen molar-refractivity contribution < 1.29 is 4.42 Å². The molecule has 0 bridgehead atoms. The average molecular weight is 221 g/mol. The van der Waals surface area contributed by atoms with Gasteiger partial charge in [-0.2, -0.15) is 0 Å². The Morgan fingerprint density at radius 3 is 2.73 bits per heavy atom. The zero-order chi connectivity index (χ0) is 10.8. The molecule has 0 radical (unpaired) electrons. The monoisotopic (exact) mass is 221 g/mol. The minimum absolute atomic E-state index is 0.0472. The molecule has 1 atom stereocenters. The van der Waals surface area contributed by atoms with Crippen LogP contribution in [0.4, 0.5) is 0 Å². The molecule has 2 N–H and O–H groups in total. The maximum absolute atomic E-state index is 6.18. The molecule has 0 spiro atoms. The SMILES string of the molecule is CCc1ccc(C(N)c2ccoc2C)s1. The standard InChI is InChI=1S/C12H15NOS/c1-3-9-4-5-11(15-9)12(13)10-6-7-14-8(10)2/h4-7,12H,3,13H2,1-2H3. The smallest absolute Gasteiger partial charge is 0.105 e. The second kappa shape index (κ2) is 4.21. The molecule has 2 aromatic rings. The molecule has 0 amide bonds. The number of hydrogen-bond donors (Lipinski definition) is 1. The zero-order valence-corrected chi connectivity index (χ0v) is 9.80. The molecule has 0 aromatic carbocycles. The highest BCUT2D eigenvalue weighted by molar-refractivity contribution is 7.12. The van der Waals surface area contributed by atoms with Gasteiger partial charge in [-0.3, -0.25) is 0 Å². The molecule has 0 saturated heterocycles. The predicted octanol–water partition coefficient (Wildman–Crippen LogP) is 3.26. The highest BCUT2D eigenvalue weighted by Crippen LogP contribution is 2.29. The van der Waals surface area contributed by atoms with Gasteiger partial charge in [-0.1, -0.05) is 6.92 Å². The van der Waals surface area contributed by atoms with Crippen molar-refractivity contribution in [3.8, 4) is 0 Å². The van der Waals surface area contributed by atoms with Crippen LogP contribution in [-0.2, 0) is 6.42 Å². The largest absolute Gasteiger partial charge is 0.469 e. The summed E-state index contributed by atoms with van der Waals surface area (Å²) in [6.07, 6.45) is 2.76. The number of aryl methyl sites for hydroxylation is 2. The van der Waals surface area contributed by atoms with Crippen LogP contribution in [0.3, 0.4) is 0 Å². The number of nitrogens with two attached hydrogens (primary N) is 1. The summed E-state index contributed by atoms with van der Waals surface area (Å²) in [5, 5.41) is 0. The first-order valence-electron chi connectivity index (χ1n) is 5.10. The van der Waals surface area contributed by atoms with Gasteiger partial charge in [0.2, 0.25) is 0 Å². The Hall–Kier alpha value is -1.06. The van der Waals surface area contributed by atoms with E-state index in [-0.39, 0.29) is 6.04 Å². The van der Waals surface area contributed by atoms with E-state index in [0.29, 0.717) is 0 Å². The van der Waals surface area contributed by atoms with Gasteiger partial charge in [0.25, 0.3) is 0 Å². The van der Waals surface area contributed by atoms with Gasteiger partial charge in [0.15, 0.2) is 0 Å². The Labute approximate surface area is 93.7 Å². The van der Waals surface area contributed by atoms with Crippen LogP contribution < -0.4 is 5.73 Å². The Kier molecular flexibility index (Phi) is 2.93. The lowest BCUT2D eigenvalue weighted by Crippen LogP contribution is -2.10. The molecule has 0 aliphatic rings. The van der Waals surface area contributed by atoms with E-state index in [9.17, 15) is 0 Å². The molecule has 0 aliphatic carbocycles. The van der Waals surface area contributed by atoms with E-state index < -0.39 is 0 Å². The van der Waals surface area contributed by atoms with E-state index in [2.05, 4.69) is 19.1 Å². The maximum atomic E-state index is 6.18. The van der Waals surface area contributed by atoms with Crippen LogP contribution >= 0.6 is 11.3 Å². The molecule has 0 aliphatic heterocycles. The fraction of sp³-hybridized carbons (Fsp3) is 0.333. The molecule has 2 rings (SSSR count). The van der Waals surface area contributed by atoms with Crippen molar-refractivity contribution in [1.82, 2.24) is 0 Å². The molecule has 2 aromatic heterocycles. The van der Waals surface area contributed by atoms with Crippen molar-refractivity contribution in [1.29, 1.82) is 0 Å². The number of thiophene rings is 1. The fourth-order valence-electron chi connectivity index (χ4n) is 1.62. The molecule has 15 heavy (non-hydrogen) atoms. The van der Waals surface area contributed by atoms with Crippen LogP contribution in [0.5, 0.6) is 0 Å². The number of hydrogen-bond acceptors (Lipinski definition) is 3. The predicted molar refractivity (Wildman–Crippen MR) is 63.2 cm³/mol. The van der Waals surface area contributed by atoms with Crippen molar-refractivity contribution in [2.75, 3.05) is 0 Å². The molecule has 80 valence electrons. The first-order chi connectivity index (χ1) is 7.22. The second-order valence-corrected chi connectivity index (χ2v) is 4.77. The van der Waals surface area contributed by atoms with E-state index in [1.807, 2.05) is 13.0 Å². The lowest BCUT2D eigenvalue weighted by atomic mass is 10.1. The van der Waals surface area contributed by atoms with Gasteiger partial charge >= 0.3 is 0 Å². The number of furan rings is 1. The summed E-state index contributed by atoms with van der Waals surface area (Å²) in [7, 11) is 0. The molecule has 1 unspecified atom stereocenters. The van der Waals surface area contributed by atoms with Crippen LogP contribution in [-0.4, -0.2) is 0 Å². The number of rotatable bonds is 3. The molecule has 3 heteroatoms. The van der Waals surface area contributed by atoms with Gasteiger partial charge in [0, 0.05) is 15.3 Å². The van der Waals surface area contributed by atoms with Crippen molar-refractivity contribution in [3.63, 3.8) is 0 Å². The van der Waals surface area contributed by atoms with E-state index in [0.717, 1.165) is 17.7 Å². The Bertz CT molecular complexity index is 444.